The molecule has 0 unspecified atom stereocenters. The van der Waals surface area contributed by atoms with Crippen LogP contribution < -0.4 is 5.32 Å². The van der Waals surface area contributed by atoms with E-state index in [0.717, 1.165) is 22.4 Å². The second-order valence-corrected chi connectivity index (χ2v) is 6.53. The lowest BCUT2D eigenvalue weighted by molar-refractivity contribution is 0.102. The number of aromatic nitrogens is 2. The molecule has 0 radical (unpaired) electrons. The van der Waals surface area contributed by atoms with Gasteiger partial charge in [0.15, 0.2) is 5.16 Å². The molecule has 0 aliphatic rings. The number of carbonyl (C=O) groups excluding carboxylic acids is 1. The van der Waals surface area contributed by atoms with Gasteiger partial charge in [-0.1, -0.05) is 54.2 Å². The fraction of sp³-hybridized carbons (Fsp3) is 0.150. The van der Waals surface area contributed by atoms with Gasteiger partial charge in [-0.2, -0.15) is 0 Å². The molecule has 2 aromatic carbocycles. The number of nitrogens with zero attached hydrogens (tertiary/aromatic N) is 2. The molecule has 1 amide bonds. The predicted octanol–water partition coefficient (Wildman–Crippen LogP) is 4.73. The molecule has 3 aromatic rings. The third-order valence-electron chi connectivity index (χ3n) is 3.88. The predicted molar refractivity (Wildman–Crippen MR) is 103 cm³/mol. The van der Waals surface area contributed by atoms with Gasteiger partial charge >= 0.3 is 0 Å². The number of nitrogens with one attached hydrogen (secondary N) is 1. The van der Waals surface area contributed by atoms with E-state index in [-0.39, 0.29) is 5.91 Å². The molecule has 0 saturated carbocycles. The Morgan fingerprint density at radius 2 is 1.84 bits per heavy atom. The molecular formula is C20H19N3OS. The SMILES string of the molecule is CSc1ncc(C(=O)Nc2cc(C)ccc2C)c(-c2ccccc2)n1. The molecule has 0 fully saturated rings. The zero-order valence-electron chi connectivity index (χ0n) is 14.4. The van der Waals surface area contributed by atoms with Crippen molar-refractivity contribution in [2.45, 2.75) is 19.0 Å². The second-order valence-electron chi connectivity index (χ2n) is 5.76. The molecule has 25 heavy (non-hydrogen) atoms. The third-order valence-corrected chi connectivity index (χ3v) is 4.44. The summed E-state index contributed by atoms with van der Waals surface area (Å²) in [4.78, 5) is 21.7. The van der Waals surface area contributed by atoms with E-state index < -0.39 is 0 Å². The summed E-state index contributed by atoms with van der Waals surface area (Å²) in [7, 11) is 0. The second kappa shape index (κ2) is 7.49. The van der Waals surface area contributed by atoms with Gasteiger partial charge in [0.25, 0.3) is 5.91 Å². The van der Waals surface area contributed by atoms with E-state index in [1.54, 1.807) is 6.20 Å². The normalized spacial score (nSPS) is 10.5. The van der Waals surface area contributed by atoms with Crippen molar-refractivity contribution in [3.63, 3.8) is 0 Å². The third kappa shape index (κ3) is 3.88. The van der Waals surface area contributed by atoms with Crippen molar-refractivity contribution in [1.29, 1.82) is 0 Å². The lowest BCUT2D eigenvalue weighted by atomic mass is 10.1. The zero-order chi connectivity index (χ0) is 17.8. The number of anilines is 1. The molecule has 1 heterocycles. The maximum Gasteiger partial charge on any atom is 0.259 e. The number of carbonyl (C=O) groups is 1. The number of rotatable bonds is 4. The highest BCUT2D eigenvalue weighted by Crippen LogP contribution is 2.25. The first kappa shape index (κ1) is 17.2. The Hall–Kier alpha value is -2.66. The Labute approximate surface area is 151 Å². The number of hydrogen-bond donors (Lipinski definition) is 1. The van der Waals surface area contributed by atoms with Crippen molar-refractivity contribution in [3.8, 4) is 11.3 Å². The van der Waals surface area contributed by atoms with Crippen molar-refractivity contribution < 1.29 is 4.79 Å². The fourth-order valence-electron chi connectivity index (χ4n) is 2.51. The van der Waals surface area contributed by atoms with E-state index >= 15 is 0 Å². The largest absolute Gasteiger partial charge is 0.322 e. The summed E-state index contributed by atoms with van der Waals surface area (Å²) in [6.07, 6.45) is 3.52. The standard InChI is InChI=1S/C20H19N3OS/c1-13-9-10-14(2)17(11-13)22-19(24)16-12-21-20(25-3)23-18(16)15-7-5-4-6-8-15/h4-12H,1-3H3,(H,22,24). The van der Waals surface area contributed by atoms with Crippen LogP contribution in [0.3, 0.4) is 0 Å². The van der Waals surface area contributed by atoms with Crippen molar-refractivity contribution in [1.82, 2.24) is 9.97 Å². The smallest absolute Gasteiger partial charge is 0.259 e. The molecule has 3 rings (SSSR count). The van der Waals surface area contributed by atoms with Gasteiger partial charge in [-0.25, -0.2) is 9.97 Å². The number of hydrogen-bond acceptors (Lipinski definition) is 4. The highest BCUT2D eigenvalue weighted by Gasteiger charge is 2.17. The van der Waals surface area contributed by atoms with Gasteiger partial charge in [-0.05, 0) is 37.3 Å². The lowest BCUT2D eigenvalue weighted by Gasteiger charge is -2.12. The van der Waals surface area contributed by atoms with E-state index in [2.05, 4.69) is 15.3 Å². The van der Waals surface area contributed by atoms with Crippen molar-refractivity contribution in [2.75, 3.05) is 11.6 Å². The summed E-state index contributed by atoms with van der Waals surface area (Å²) in [5.41, 5.74) is 4.91. The molecule has 1 aromatic heterocycles. The van der Waals surface area contributed by atoms with Gasteiger partial charge in [0.2, 0.25) is 0 Å². The molecule has 0 bridgehead atoms. The van der Waals surface area contributed by atoms with Gasteiger partial charge in [0.1, 0.15) is 0 Å². The van der Waals surface area contributed by atoms with Gasteiger partial charge in [0, 0.05) is 17.4 Å². The molecule has 0 spiro atoms. The van der Waals surface area contributed by atoms with Crippen LogP contribution in [0.5, 0.6) is 0 Å². The Morgan fingerprint density at radius 1 is 1.08 bits per heavy atom. The van der Waals surface area contributed by atoms with Crippen LogP contribution >= 0.6 is 11.8 Å². The van der Waals surface area contributed by atoms with E-state index in [0.29, 0.717) is 16.4 Å². The Kier molecular flexibility index (Phi) is 5.14. The van der Waals surface area contributed by atoms with Gasteiger partial charge in [-0.3, -0.25) is 4.79 Å². The first-order chi connectivity index (χ1) is 12.1. The quantitative estimate of drug-likeness (QED) is 0.546. The molecule has 126 valence electrons. The Balaban J connectivity index is 2.01. The topological polar surface area (TPSA) is 54.9 Å². The van der Waals surface area contributed by atoms with E-state index in [9.17, 15) is 4.79 Å². The van der Waals surface area contributed by atoms with Crippen molar-refractivity contribution in [3.05, 3.63) is 71.4 Å². The van der Waals surface area contributed by atoms with Crippen LogP contribution in [-0.2, 0) is 0 Å². The van der Waals surface area contributed by atoms with Crippen LogP contribution in [0.4, 0.5) is 5.69 Å². The number of benzene rings is 2. The highest BCUT2D eigenvalue weighted by atomic mass is 32.2. The minimum absolute atomic E-state index is 0.208. The maximum absolute atomic E-state index is 12.9. The lowest BCUT2D eigenvalue weighted by Crippen LogP contribution is -2.15. The number of thioether (sulfide) groups is 1. The van der Waals surface area contributed by atoms with E-state index in [1.165, 1.54) is 11.8 Å². The van der Waals surface area contributed by atoms with Gasteiger partial charge in [0.05, 0.1) is 11.3 Å². The van der Waals surface area contributed by atoms with Crippen molar-refractivity contribution >= 4 is 23.4 Å². The zero-order valence-corrected chi connectivity index (χ0v) is 15.2. The molecular weight excluding hydrogens is 330 g/mol. The summed E-state index contributed by atoms with van der Waals surface area (Å²) in [5, 5.41) is 3.63. The average molecular weight is 349 g/mol. The van der Waals surface area contributed by atoms with Crippen LogP contribution in [0.1, 0.15) is 21.5 Å². The summed E-state index contributed by atoms with van der Waals surface area (Å²) in [6.45, 7) is 3.97. The summed E-state index contributed by atoms with van der Waals surface area (Å²) < 4.78 is 0. The average Bonchev–Trinajstić information content (AvgIpc) is 2.65. The number of amides is 1. The van der Waals surface area contributed by atoms with E-state index in [4.69, 9.17) is 0 Å². The van der Waals surface area contributed by atoms with Crippen LogP contribution in [-0.4, -0.2) is 22.1 Å². The summed E-state index contributed by atoms with van der Waals surface area (Å²) in [6, 6.07) is 15.7. The Bertz CT molecular complexity index is 910. The molecule has 0 aliphatic carbocycles. The van der Waals surface area contributed by atoms with E-state index in [1.807, 2.05) is 68.6 Å². The van der Waals surface area contributed by atoms with Crippen LogP contribution in [0, 0.1) is 13.8 Å². The summed E-state index contributed by atoms with van der Waals surface area (Å²) >= 11 is 1.45. The molecule has 0 atom stereocenters. The van der Waals surface area contributed by atoms with Crippen molar-refractivity contribution in [2.24, 2.45) is 0 Å². The molecule has 1 N–H and O–H groups in total. The summed E-state index contributed by atoms with van der Waals surface area (Å²) in [5.74, 6) is -0.208. The molecule has 4 nitrogen and oxygen atoms in total. The Morgan fingerprint density at radius 3 is 2.56 bits per heavy atom. The monoisotopic (exact) mass is 349 g/mol. The fourth-order valence-corrected chi connectivity index (χ4v) is 2.85. The maximum atomic E-state index is 12.9. The molecule has 0 aliphatic heterocycles. The first-order valence-corrected chi connectivity index (χ1v) is 9.16. The minimum atomic E-state index is -0.208. The van der Waals surface area contributed by atoms with Crippen LogP contribution in [0.25, 0.3) is 11.3 Å². The van der Waals surface area contributed by atoms with Gasteiger partial charge < -0.3 is 5.32 Å². The first-order valence-electron chi connectivity index (χ1n) is 7.93. The molecule has 5 heteroatoms. The minimum Gasteiger partial charge on any atom is -0.322 e. The number of aryl methyl sites for hydroxylation is 2. The highest BCUT2D eigenvalue weighted by molar-refractivity contribution is 7.98. The molecule has 0 saturated heterocycles. The van der Waals surface area contributed by atoms with Crippen LogP contribution in [0.2, 0.25) is 0 Å². The van der Waals surface area contributed by atoms with Gasteiger partial charge in [-0.15, -0.1) is 0 Å². The van der Waals surface area contributed by atoms with Crippen LogP contribution in [0.15, 0.2) is 59.9 Å².